The van der Waals surface area contributed by atoms with Gasteiger partial charge in [-0.2, -0.15) is 0 Å². The van der Waals surface area contributed by atoms with E-state index in [9.17, 15) is 9.90 Å². The smallest absolute Gasteiger partial charge is 0.251 e. The second-order valence-corrected chi connectivity index (χ2v) is 4.66. The summed E-state index contributed by atoms with van der Waals surface area (Å²) in [6.45, 7) is 1.64. The molecule has 1 aromatic rings. The van der Waals surface area contributed by atoms with E-state index in [1.54, 1.807) is 12.1 Å². The molecule has 0 aromatic heterocycles. The van der Waals surface area contributed by atoms with E-state index in [4.69, 9.17) is 0 Å². The number of carbonyl (C=O) groups is 1. The topological polar surface area (TPSA) is 61.4 Å². The standard InChI is InChI=1S/C10H11IN2O2/c11-8-2-1-6(3-9(8)14)10(15)13-7-4-12-5-7/h1-3,7,12,14H,4-5H2,(H,13,15). The van der Waals surface area contributed by atoms with Gasteiger partial charge in [0.1, 0.15) is 5.75 Å². The van der Waals surface area contributed by atoms with Gasteiger partial charge in [-0.1, -0.05) is 0 Å². The summed E-state index contributed by atoms with van der Waals surface area (Å²) in [5.74, 6) is 0.0168. The molecule has 1 heterocycles. The minimum Gasteiger partial charge on any atom is -0.507 e. The highest BCUT2D eigenvalue weighted by Crippen LogP contribution is 2.20. The van der Waals surface area contributed by atoms with Crippen LogP contribution in [0.25, 0.3) is 0 Å². The highest BCUT2D eigenvalue weighted by Gasteiger charge is 2.19. The molecule has 5 heteroatoms. The maximum atomic E-state index is 11.7. The Kier molecular flexibility index (Phi) is 3.11. The molecule has 3 N–H and O–H groups in total. The molecule has 0 unspecified atom stereocenters. The number of hydrogen-bond acceptors (Lipinski definition) is 3. The molecule has 1 aliphatic heterocycles. The third-order valence-corrected chi connectivity index (χ3v) is 3.24. The molecule has 1 saturated heterocycles. The Morgan fingerprint density at radius 3 is 2.80 bits per heavy atom. The van der Waals surface area contributed by atoms with E-state index in [0.717, 1.165) is 16.7 Å². The Bertz CT molecular complexity index is 391. The van der Waals surface area contributed by atoms with Gasteiger partial charge in [0.15, 0.2) is 0 Å². The Morgan fingerprint density at radius 1 is 1.53 bits per heavy atom. The number of carbonyl (C=O) groups excluding carboxylic acids is 1. The van der Waals surface area contributed by atoms with Crippen LogP contribution in [-0.2, 0) is 0 Å². The van der Waals surface area contributed by atoms with Crippen LogP contribution >= 0.6 is 22.6 Å². The Hall–Kier alpha value is -0.820. The van der Waals surface area contributed by atoms with Crippen LogP contribution in [0, 0.1) is 3.57 Å². The van der Waals surface area contributed by atoms with E-state index in [1.165, 1.54) is 6.07 Å². The van der Waals surface area contributed by atoms with Crippen molar-refractivity contribution < 1.29 is 9.90 Å². The van der Waals surface area contributed by atoms with Crippen LogP contribution in [0.3, 0.4) is 0 Å². The van der Waals surface area contributed by atoms with Gasteiger partial charge in [0.05, 0.1) is 9.61 Å². The van der Waals surface area contributed by atoms with Gasteiger partial charge < -0.3 is 15.7 Å². The number of halogens is 1. The molecule has 1 amide bonds. The molecule has 4 nitrogen and oxygen atoms in total. The maximum Gasteiger partial charge on any atom is 0.251 e. The van der Waals surface area contributed by atoms with Crippen LogP contribution in [0.4, 0.5) is 0 Å². The molecular formula is C10H11IN2O2. The van der Waals surface area contributed by atoms with Crippen LogP contribution in [0.15, 0.2) is 18.2 Å². The Morgan fingerprint density at radius 2 is 2.27 bits per heavy atom. The highest BCUT2D eigenvalue weighted by molar-refractivity contribution is 14.1. The van der Waals surface area contributed by atoms with Gasteiger partial charge in [0, 0.05) is 18.7 Å². The molecule has 15 heavy (non-hydrogen) atoms. The summed E-state index contributed by atoms with van der Waals surface area (Å²) in [7, 11) is 0. The molecule has 2 rings (SSSR count). The van der Waals surface area contributed by atoms with Gasteiger partial charge in [-0.25, -0.2) is 0 Å². The predicted molar refractivity (Wildman–Crippen MR) is 64.9 cm³/mol. The first kappa shape index (κ1) is 10.7. The summed E-state index contributed by atoms with van der Waals surface area (Å²) in [6.07, 6.45) is 0. The lowest BCUT2D eigenvalue weighted by Gasteiger charge is -2.27. The summed E-state index contributed by atoms with van der Waals surface area (Å²) in [5.41, 5.74) is 0.500. The molecule has 0 atom stereocenters. The summed E-state index contributed by atoms with van der Waals surface area (Å²) in [6, 6.07) is 5.15. The van der Waals surface area contributed by atoms with Gasteiger partial charge in [0.25, 0.3) is 5.91 Å². The van der Waals surface area contributed by atoms with E-state index in [2.05, 4.69) is 10.6 Å². The fourth-order valence-electron chi connectivity index (χ4n) is 1.31. The van der Waals surface area contributed by atoms with Gasteiger partial charge in [-0.05, 0) is 40.8 Å². The molecule has 0 bridgehead atoms. The number of benzene rings is 1. The van der Waals surface area contributed by atoms with Crippen molar-refractivity contribution in [1.82, 2.24) is 10.6 Å². The molecule has 0 aliphatic carbocycles. The first-order valence-electron chi connectivity index (χ1n) is 4.67. The second kappa shape index (κ2) is 4.36. The fraction of sp³-hybridized carbons (Fsp3) is 0.300. The summed E-state index contributed by atoms with van der Waals surface area (Å²) >= 11 is 2.02. The normalized spacial score (nSPS) is 15.8. The lowest BCUT2D eigenvalue weighted by atomic mass is 10.1. The SMILES string of the molecule is O=C(NC1CNC1)c1ccc(I)c(O)c1. The molecule has 1 fully saturated rings. The van der Waals surface area contributed by atoms with Crippen LogP contribution < -0.4 is 10.6 Å². The van der Waals surface area contributed by atoms with Crippen molar-refractivity contribution in [2.75, 3.05) is 13.1 Å². The average molecular weight is 318 g/mol. The lowest BCUT2D eigenvalue weighted by molar-refractivity contribution is 0.0923. The number of phenols is 1. The van der Waals surface area contributed by atoms with Crippen molar-refractivity contribution in [3.05, 3.63) is 27.3 Å². The van der Waals surface area contributed by atoms with E-state index in [0.29, 0.717) is 5.56 Å². The maximum absolute atomic E-state index is 11.7. The quantitative estimate of drug-likeness (QED) is 0.704. The zero-order chi connectivity index (χ0) is 10.8. The molecule has 0 saturated carbocycles. The van der Waals surface area contributed by atoms with Crippen molar-refractivity contribution in [1.29, 1.82) is 0 Å². The van der Waals surface area contributed by atoms with Crippen LogP contribution in [-0.4, -0.2) is 30.1 Å². The summed E-state index contributed by atoms with van der Waals surface area (Å²) in [4.78, 5) is 11.7. The molecule has 0 spiro atoms. The second-order valence-electron chi connectivity index (χ2n) is 3.49. The minimum atomic E-state index is -0.131. The van der Waals surface area contributed by atoms with Crippen molar-refractivity contribution in [3.63, 3.8) is 0 Å². The van der Waals surface area contributed by atoms with E-state index in [1.807, 2.05) is 22.6 Å². The van der Waals surface area contributed by atoms with Crippen LogP contribution in [0.5, 0.6) is 5.75 Å². The zero-order valence-electron chi connectivity index (χ0n) is 7.96. The number of phenolic OH excluding ortho intramolecular Hbond substituents is 1. The largest absolute Gasteiger partial charge is 0.507 e. The lowest BCUT2D eigenvalue weighted by Crippen LogP contribution is -2.56. The van der Waals surface area contributed by atoms with E-state index >= 15 is 0 Å². The van der Waals surface area contributed by atoms with E-state index < -0.39 is 0 Å². The Labute approximate surface area is 101 Å². The summed E-state index contributed by atoms with van der Waals surface area (Å²) in [5, 5.41) is 15.4. The van der Waals surface area contributed by atoms with E-state index in [-0.39, 0.29) is 17.7 Å². The van der Waals surface area contributed by atoms with Gasteiger partial charge >= 0.3 is 0 Å². The van der Waals surface area contributed by atoms with Crippen LogP contribution in [0.2, 0.25) is 0 Å². The van der Waals surface area contributed by atoms with Gasteiger partial charge in [0.2, 0.25) is 0 Å². The van der Waals surface area contributed by atoms with Crippen molar-refractivity contribution in [2.45, 2.75) is 6.04 Å². The molecule has 1 aromatic carbocycles. The summed E-state index contributed by atoms with van der Waals surface area (Å²) < 4.78 is 0.745. The first-order chi connectivity index (χ1) is 7.16. The number of rotatable bonds is 2. The molecule has 0 radical (unpaired) electrons. The molecule has 1 aliphatic rings. The van der Waals surface area contributed by atoms with Crippen molar-refractivity contribution >= 4 is 28.5 Å². The zero-order valence-corrected chi connectivity index (χ0v) is 10.1. The number of hydrogen-bond donors (Lipinski definition) is 3. The third kappa shape index (κ3) is 2.40. The van der Waals surface area contributed by atoms with Crippen molar-refractivity contribution in [2.24, 2.45) is 0 Å². The first-order valence-corrected chi connectivity index (χ1v) is 5.75. The van der Waals surface area contributed by atoms with Gasteiger partial charge in [-0.15, -0.1) is 0 Å². The molecular weight excluding hydrogens is 307 g/mol. The monoisotopic (exact) mass is 318 g/mol. The fourth-order valence-corrected chi connectivity index (χ4v) is 1.65. The van der Waals surface area contributed by atoms with Crippen LogP contribution in [0.1, 0.15) is 10.4 Å². The average Bonchev–Trinajstić information content (AvgIpc) is 2.15. The number of amides is 1. The molecule has 80 valence electrons. The number of nitrogens with one attached hydrogen (secondary N) is 2. The van der Waals surface area contributed by atoms with Gasteiger partial charge in [-0.3, -0.25) is 4.79 Å². The number of aromatic hydroxyl groups is 1. The third-order valence-electron chi connectivity index (χ3n) is 2.33. The highest BCUT2D eigenvalue weighted by atomic mass is 127. The Balaban J connectivity index is 2.07. The van der Waals surface area contributed by atoms with Crippen molar-refractivity contribution in [3.8, 4) is 5.75 Å². The predicted octanol–water partition coefficient (Wildman–Crippen LogP) is 0.698. The minimum absolute atomic E-state index is 0.131.